The Hall–Kier alpha value is -1.43. The summed E-state index contributed by atoms with van der Waals surface area (Å²) in [5.41, 5.74) is 1.21. The molecule has 94 valence electrons. The van der Waals surface area contributed by atoms with Crippen LogP contribution in [0.2, 0.25) is 0 Å². The van der Waals surface area contributed by atoms with Gasteiger partial charge in [-0.2, -0.15) is 4.99 Å². The van der Waals surface area contributed by atoms with Crippen LogP contribution < -0.4 is 5.32 Å². The van der Waals surface area contributed by atoms with E-state index >= 15 is 0 Å². The Labute approximate surface area is 113 Å². The molecule has 1 aromatic rings. The number of hydrogen-bond donors (Lipinski definition) is 1. The molecule has 0 spiro atoms. The minimum Gasteiger partial charge on any atom is -0.440 e. The van der Waals surface area contributed by atoms with Crippen molar-refractivity contribution < 1.29 is 9.53 Å². The number of nitrogens with zero attached hydrogens (tertiary/aromatic N) is 2. The maximum atomic E-state index is 10.9. The number of cyclic esters (lactones) is 1. The molecule has 2 heterocycles. The van der Waals surface area contributed by atoms with Gasteiger partial charge in [0.1, 0.15) is 10.4 Å². The van der Waals surface area contributed by atoms with Crippen molar-refractivity contribution in [2.45, 2.75) is 24.8 Å². The maximum absolute atomic E-state index is 10.9. The van der Waals surface area contributed by atoms with Crippen molar-refractivity contribution in [1.82, 2.24) is 10.3 Å². The third kappa shape index (κ3) is 2.53. The highest BCUT2D eigenvalue weighted by Crippen LogP contribution is 2.38. The lowest BCUT2D eigenvalue weighted by Gasteiger charge is -2.17. The van der Waals surface area contributed by atoms with Gasteiger partial charge in [-0.05, 0) is 46.8 Å². The topological polar surface area (TPSA) is 63.6 Å². The monoisotopic (exact) mass is 309 g/mol. The summed E-state index contributed by atoms with van der Waals surface area (Å²) >= 11 is 3.32. The molecule has 6 heteroatoms. The van der Waals surface area contributed by atoms with E-state index in [4.69, 9.17) is 4.74 Å². The first-order valence-corrected chi connectivity index (χ1v) is 6.58. The summed E-state index contributed by atoms with van der Waals surface area (Å²) in [6, 6.07) is 3.99. The molecule has 1 fully saturated rings. The molecule has 1 aromatic heterocycles. The van der Waals surface area contributed by atoms with Crippen LogP contribution in [0, 0.1) is 0 Å². The molecule has 1 aliphatic heterocycles. The number of halogens is 1. The van der Waals surface area contributed by atoms with Gasteiger partial charge in [0.2, 0.25) is 0 Å². The number of carbonyl (C=O) groups is 1. The molecular formula is C12H12BrN3O2. The van der Waals surface area contributed by atoms with E-state index in [1.54, 1.807) is 0 Å². The van der Waals surface area contributed by atoms with Crippen molar-refractivity contribution in [2.75, 3.05) is 6.61 Å². The smallest absolute Gasteiger partial charge is 0.435 e. The minimum absolute atomic E-state index is 0.0301. The van der Waals surface area contributed by atoms with E-state index in [1.165, 1.54) is 5.56 Å². The number of aromatic nitrogens is 1. The lowest BCUT2D eigenvalue weighted by Crippen LogP contribution is -2.39. The number of aliphatic imine (C=N–C) groups is 1. The molecule has 1 amide bonds. The second kappa shape index (κ2) is 4.35. The average molecular weight is 310 g/mol. The van der Waals surface area contributed by atoms with Crippen LogP contribution in [0.5, 0.6) is 0 Å². The summed E-state index contributed by atoms with van der Waals surface area (Å²) in [7, 11) is 0. The van der Waals surface area contributed by atoms with E-state index < -0.39 is 6.09 Å². The quantitative estimate of drug-likeness (QED) is 0.868. The standard InChI is InChI=1S/C12H12BrN3O2/c13-9-2-1-8(6-14-9)5-12(3-4-12)16-10-7-18-11(17)15-10/h1-2,6H,3-5,7H2,(H,15,16,17). The molecule has 2 aliphatic rings. The Kier molecular flexibility index (Phi) is 2.81. The largest absolute Gasteiger partial charge is 0.440 e. The van der Waals surface area contributed by atoms with Crippen LogP contribution in [-0.4, -0.2) is 29.1 Å². The van der Waals surface area contributed by atoms with Gasteiger partial charge in [-0.15, -0.1) is 0 Å². The molecule has 1 aliphatic carbocycles. The van der Waals surface area contributed by atoms with Gasteiger partial charge in [-0.1, -0.05) is 6.07 Å². The number of rotatable bonds is 3. The van der Waals surface area contributed by atoms with Crippen LogP contribution in [0.15, 0.2) is 27.9 Å². The Morgan fingerprint density at radius 3 is 2.83 bits per heavy atom. The Morgan fingerprint density at radius 1 is 1.44 bits per heavy atom. The molecule has 0 bridgehead atoms. The lowest BCUT2D eigenvalue weighted by molar-refractivity contribution is 0.180. The molecule has 0 aromatic carbocycles. The number of hydrogen-bond acceptors (Lipinski definition) is 4. The van der Waals surface area contributed by atoms with Crippen molar-refractivity contribution in [1.29, 1.82) is 0 Å². The summed E-state index contributed by atoms with van der Waals surface area (Å²) in [4.78, 5) is 18.9. The van der Waals surface area contributed by atoms with Crippen molar-refractivity contribution >= 4 is 27.9 Å². The normalized spacial score (nSPS) is 20.3. The van der Waals surface area contributed by atoms with Gasteiger partial charge in [0.15, 0.2) is 6.61 Å². The predicted octanol–water partition coefficient (Wildman–Crippen LogP) is 2.06. The first-order chi connectivity index (χ1) is 8.65. The molecule has 0 atom stereocenters. The number of carbonyl (C=O) groups excluding carboxylic acids is 1. The van der Waals surface area contributed by atoms with E-state index in [9.17, 15) is 4.79 Å². The molecule has 0 unspecified atom stereocenters. The molecule has 5 nitrogen and oxygen atoms in total. The van der Waals surface area contributed by atoms with Gasteiger partial charge in [-0.3, -0.25) is 0 Å². The Balaban J connectivity index is 1.66. The summed E-state index contributed by atoms with van der Waals surface area (Å²) in [5.74, 6) is 0.641. The maximum Gasteiger partial charge on any atom is 0.435 e. The lowest BCUT2D eigenvalue weighted by atomic mass is 10.1. The van der Waals surface area contributed by atoms with Gasteiger partial charge in [-0.25, -0.2) is 9.78 Å². The minimum atomic E-state index is -0.501. The van der Waals surface area contributed by atoms with E-state index in [1.807, 2.05) is 12.3 Å². The fourth-order valence-corrected chi connectivity index (χ4v) is 2.31. The number of pyridine rings is 1. The van der Waals surface area contributed by atoms with Gasteiger partial charge in [0, 0.05) is 11.7 Å². The zero-order valence-corrected chi connectivity index (χ0v) is 11.2. The second-order valence-corrected chi connectivity index (χ2v) is 5.50. The van der Waals surface area contributed by atoms with Gasteiger partial charge >= 0.3 is 6.09 Å². The van der Waals surface area contributed by atoms with Gasteiger partial charge in [0.25, 0.3) is 0 Å². The third-order valence-corrected chi connectivity index (χ3v) is 3.62. The molecule has 0 saturated heterocycles. The molecule has 1 N–H and O–H groups in total. The summed E-state index contributed by atoms with van der Waals surface area (Å²) in [6.45, 7) is 0.263. The second-order valence-electron chi connectivity index (χ2n) is 4.68. The Bertz CT molecular complexity index is 509. The average Bonchev–Trinajstić information content (AvgIpc) is 2.97. The van der Waals surface area contributed by atoms with Crippen molar-refractivity contribution in [2.24, 2.45) is 4.99 Å². The molecular weight excluding hydrogens is 298 g/mol. The highest BCUT2D eigenvalue weighted by Gasteiger charge is 2.44. The number of amides is 1. The molecule has 18 heavy (non-hydrogen) atoms. The fourth-order valence-electron chi connectivity index (χ4n) is 2.07. The van der Waals surface area contributed by atoms with Gasteiger partial charge < -0.3 is 10.1 Å². The first kappa shape index (κ1) is 11.6. The zero-order valence-electron chi connectivity index (χ0n) is 9.65. The van der Waals surface area contributed by atoms with Crippen molar-refractivity contribution in [3.05, 3.63) is 28.5 Å². The van der Waals surface area contributed by atoms with Crippen LogP contribution in [0.25, 0.3) is 0 Å². The Morgan fingerprint density at radius 2 is 2.28 bits per heavy atom. The molecule has 0 radical (unpaired) electrons. The summed E-state index contributed by atoms with van der Waals surface area (Å²) in [5, 5.41) is 3.32. The summed E-state index contributed by atoms with van der Waals surface area (Å²) < 4.78 is 5.62. The van der Waals surface area contributed by atoms with Crippen LogP contribution in [0.3, 0.4) is 0 Å². The van der Waals surface area contributed by atoms with Crippen molar-refractivity contribution in [3.63, 3.8) is 0 Å². The third-order valence-electron chi connectivity index (χ3n) is 3.15. The van der Waals surface area contributed by atoms with Crippen LogP contribution in [0.1, 0.15) is 18.4 Å². The first-order valence-electron chi connectivity index (χ1n) is 5.78. The van der Waals surface area contributed by atoms with E-state index in [2.05, 4.69) is 37.3 Å². The van der Waals surface area contributed by atoms with E-state index in [0.29, 0.717) is 5.84 Å². The van der Waals surface area contributed by atoms with Crippen LogP contribution >= 0.6 is 15.9 Å². The van der Waals surface area contributed by atoms with Crippen molar-refractivity contribution in [3.8, 4) is 0 Å². The number of nitrogens with one attached hydrogen (secondary N) is 1. The highest BCUT2D eigenvalue weighted by atomic mass is 79.9. The molecule has 1 saturated carbocycles. The van der Waals surface area contributed by atoms with Gasteiger partial charge in [0.05, 0.1) is 0 Å². The predicted molar refractivity (Wildman–Crippen MR) is 69.5 cm³/mol. The SMILES string of the molecule is O=C1N=C(NC2(Cc3ccc(Br)nc3)CC2)CO1. The fraction of sp³-hybridized carbons (Fsp3) is 0.417. The van der Waals surface area contributed by atoms with E-state index in [0.717, 1.165) is 23.9 Å². The molecule has 3 rings (SSSR count). The number of amidine groups is 1. The number of ether oxygens (including phenoxy) is 1. The van der Waals surface area contributed by atoms with E-state index in [-0.39, 0.29) is 12.1 Å². The van der Waals surface area contributed by atoms with Crippen LogP contribution in [0.4, 0.5) is 4.79 Å². The summed E-state index contributed by atoms with van der Waals surface area (Å²) in [6.07, 6.45) is 4.41. The van der Waals surface area contributed by atoms with Crippen LogP contribution in [-0.2, 0) is 11.2 Å². The highest BCUT2D eigenvalue weighted by molar-refractivity contribution is 9.10. The zero-order chi connectivity index (χ0) is 12.6.